The molecular formula is C15H9ClN4O3. The van der Waals surface area contributed by atoms with E-state index in [2.05, 4.69) is 15.2 Å². The van der Waals surface area contributed by atoms with E-state index in [0.29, 0.717) is 22.1 Å². The second-order valence-electron chi connectivity index (χ2n) is 4.79. The van der Waals surface area contributed by atoms with Crippen molar-refractivity contribution in [3.05, 3.63) is 64.1 Å². The van der Waals surface area contributed by atoms with Crippen LogP contribution in [0.5, 0.6) is 0 Å². The second-order valence-corrected chi connectivity index (χ2v) is 5.22. The Morgan fingerprint density at radius 3 is 2.74 bits per heavy atom. The number of pyridine rings is 1. The molecule has 8 heteroatoms. The molecule has 0 bridgehead atoms. The number of fused-ring (bicyclic) bond motifs is 1. The normalized spacial score (nSPS) is 11.2. The average Bonchev–Trinajstić information content (AvgIpc) is 3.14. The number of rotatable bonds is 3. The monoisotopic (exact) mass is 328 g/mol. The highest BCUT2D eigenvalue weighted by Crippen LogP contribution is 2.20. The molecule has 114 valence electrons. The van der Waals surface area contributed by atoms with Gasteiger partial charge in [-0.1, -0.05) is 11.6 Å². The van der Waals surface area contributed by atoms with Crippen LogP contribution in [0.2, 0.25) is 5.02 Å². The number of aromatic nitrogens is 4. The lowest BCUT2D eigenvalue weighted by Gasteiger charge is -1.96. The van der Waals surface area contributed by atoms with Gasteiger partial charge < -0.3 is 8.83 Å². The van der Waals surface area contributed by atoms with Gasteiger partial charge in [0.15, 0.2) is 11.2 Å². The van der Waals surface area contributed by atoms with E-state index in [0.717, 1.165) is 5.56 Å². The first-order chi connectivity index (χ1) is 11.2. The minimum atomic E-state index is -0.523. The van der Waals surface area contributed by atoms with Crippen molar-refractivity contribution in [1.82, 2.24) is 19.7 Å². The molecular weight excluding hydrogens is 320 g/mol. The maximum atomic E-state index is 11.9. The molecule has 0 atom stereocenters. The van der Waals surface area contributed by atoms with Crippen molar-refractivity contribution in [2.75, 3.05) is 0 Å². The third kappa shape index (κ3) is 2.51. The predicted octanol–water partition coefficient (Wildman–Crippen LogP) is 2.74. The highest BCUT2D eigenvalue weighted by atomic mass is 35.5. The third-order valence-electron chi connectivity index (χ3n) is 3.28. The van der Waals surface area contributed by atoms with Gasteiger partial charge in [-0.3, -0.25) is 0 Å². The number of nitrogens with zero attached hydrogens (tertiary/aromatic N) is 4. The van der Waals surface area contributed by atoms with E-state index in [1.54, 1.807) is 42.6 Å². The van der Waals surface area contributed by atoms with Crippen LogP contribution in [0.25, 0.3) is 22.7 Å². The van der Waals surface area contributed by atoms with Crippen molar-refractivity contribution in [2.45, 2.75) is 6.54 Å². The van der Waals surface area contributed by atoms with Gasteiger partial charge in [0.05, 0.1) is 0 Å². The molecule has 0 spiro atoms. The van der Waals surface area contributed by atoms with E-state index >= 15 is 0 Å². The highest BCUT2D eigenvalue weighted by Gasteiger charge is 2.14. The van der Waals surface area contributed by atoms with Gasteiger partial charge in [0.1, 0.15) is 6.54 Å². The molecule has 0 aliphatic rings. The summed E-state index contributed by atoms with van der Waals surface area (Å²) in [5.41, 5.74) is 1.59. The zero-order valence-corrected chi connectivity index (χ0v) is 12.4. The van der Waals surface area contributed by atoms with Gasteiger partial charge in [-0.05, 0) is 36.4 Å². The van der Waals surface area contributed by atoms with Crippen molar-refractivity contribution in [3.8, 4) is 11.5 Å². The predicted molar refractivity (Wildman–Crippen MR) is 82.1 cm³/mol. The fourth-order valence-electron chi connectivity index (χ4n) is 2.20. The van der Waals surface area contributed by atoms with Gasteiger partial charge in [-0.15, -0.1) is 10.2 Å². The van der Waals surface area contributed by atoms with Crippen molar-refractivity contribution in [3.63, 3.8) is 0 Å². The molecule has 23 heavy (non-hydrogen) atoms. The lowest BCUT2D eigenvalue weighted by molar-refractivity contribution is 0.461. The molecule has 0 fully saturated rings. The van der Waals surface area contributed by atoms with Crippen LogP contribution in [0.15, 0.2) is 56.2 Å². The summed E-state index contributed by atoms with van der Waals surface area (Å²) in [7, 11) is 0. The number of halogens is 1. The van der Waals surface area contributed by atoms with Crippen LogP contribution < -0.4 is 5.76 Å². The van der Waals surface area contributed by atoms with Crippen LogP contribution >= 0.6 is 11.6 Å². The molecule has 0 N–H and O–H groups in total. The van der Waals surface area contributed by atoms with E-state index in [1.807, 2.05) is 0 Å². The SMILES string of the molecule is O=c1oc2cccnc2n1Cc1nnc(-c2ccc(Cl)cc2)o1. The lowest BCUT2D eigenvalue weighted by atomic mass is 10.2. The fourth-order valence-corrected chi connectivity index (χ4v) is 2.33. The smallest absolute Gasteiger partial charge is 0.419 e. The number of benzene rings is 1. The Labute approximate surface area is 134 Å². The van der Waals surface area contributed by atoms with Gasteiger partial charge in [-0.25, -0.2) is 14.3 Å². The lowest BCUT2D eigenvalue weighted by Crippen LogP contribution is -2.15. The van der Waals surface area contributed by atoms with Crippen molar-refractivity contribution >= 4 is 22.8 Å². The Balaban J connectivity index is 1.68. The Morgan fingerprint density at radius 1 is 1.09 bits per heavy atom. The third-order valence-corrected chi connectivity index (χ3v) is 3.53. The quantitative estimate of drug-likeness (QED) is 0.574. The van der Waals surface area contributed by atoms with Crippen LogP contribution in [-0.4, -0.2) is 19.7 Å². The van der Waals surface area contributed by atoms with Gasteiger partial charge in [0, 0.05) is 16.8 Å². The fraction of sp³-hybridized carbons (Fsp3) is 0.0667. The maximum absolute atomic E-state index is 11.9. The van der Waals surface area contributed by atoms with Crippen LogP contribution in [-0.2, 0) is 6.54 Å². The minimum Gasteiger partial charge on any atom is -0.419 e. The number of hydrogen-bond donors (Lipinski definition) is 0. The van der Waals surface area contributed by atoms with Crippen LogP contribution in [0.3, 0.4) is 0 Å². The molecule has 0 amide bonds. The summed E-state index contributed by atoms with van der Waals surface area (Å²) in [6.45, 7) is 0.0867. The molecule has 0 aliphatic carbocycles. The van der Waals surface area contributed by atoms with E-state index in [-0.39, 0.29) is 12.4 Å². The summed E-state index contributed by atoms with van der Waals surface area (Å²) in [5, 5.41) is 8.56. The van der Waals surface area contributed by atoms with Gasteiger partial charge in [0.2, 0.25) is 11.8 Å². The van der Waals surface area contributed by atoms with E-state index in [9.17, 15) is 4.79 Å². The first-order valence-electron chi connectivity index (χ1n) is 6.73. The average molecular weight is 329 g/mol. The molecule has 0 aliphatic heterocycles. The van der Waals surface area contributed by atoms with Gasteiger partial charge in [0.25, 0.3) is 0 Å². The first-order valence-corrected chi connectivity index (χ1v) is 7.11. The van der Waals surface area contributed by atoms with Crippen molar-refractivity contribution in [1.29, 1.82) is 0 Å². The van der Waals surface area contributed by atoms with Crippen LogP contribution in [0.1, 0.15) is 5.89 Å². The van der Waals surface area contributed by atoms with E-state index < -0.39 is 5.76 Å². The maximum Gasteiger partial charge on any atom is 0.421 e. The van der Waals surface area contributed by atoms with Gasteiger partial charge >= 0.3 is 5.76 Å². The molecule has 0 radical (unpaired) electrons. The zero-order chi connectivity index (χ0) is 15.8. The van der Waals surface area contributed by atoms with Crippen LogP contribution in [0.4, 0.5) is 0 Å². The largest absolute Gasteiger partial charge is 0.421 e. The summed E-state index contributed by atoms with van der Waals surface area (Å²) in [5.74, 6) is 0.112. The summed E-state index contributed by atoms with van der Waals surface area (Å²) < 4.78 is 12.1. The first kappa shape index (κ1) is 13.7. The summed E-state index contributed by atoms with van der Waals surface area (Å²) >= 11 is 5.85. The standard InChI is InChI=1S/C15H9ClN4O3/c16-10-5-3-9(4-6-10)14-19-18-12(23-14)8-20-13-11(22-15(20)21)2-1-7-17-13/h1-7H,8H2. The number of oxazole rings is 1. The Morgan fingerprint density at radius 2 is 1.91 bits per heavy atom. The van der Waals surface area contributed by atoms with Crippen molar-refractivity contribution < 1.29 is 8.83 Å². The molecule has 0 saturated carbocycles. The molecule has 1 aromatic carbocycles. The summed E-state index contributed by atoms with van der Waals surface area (Å²) in [6, 6.07) is 10.4. The Kier molecular flexibility index (Phi) is 3.20. The molecule has 3 aromatic heterocycles. The van der Waals surface area contributed by atoms with Gasteiger partial charge in [-0.2, -0.15) is 0 Å². The van der Waals surface area contributed by atoms with E-state index in [4.69, 9.17) is 20.4 Å². The highest BCUT2D eigenvalue weighted by molar-refractivity contribution is 6.30. The molecule has 4 aromatic rings. The van der Waals surface area contributed by atoms with Crippen molar-refractivity contribution in [2.24, 2.45) is 0 Å². The Bertz CT molecular complexity index is 1030. The molecule has 7 nitrogen and oxygen atoms in total. The van der Waals surface area contributed by atoms with Crippen LogP contribution in [0, 0.1) is 0 Å². The summed E-state index contributed by atoms with van der Waals surface area (Å²) in [4.78, 5) is 16.0. The molecule has 3 heterocycles. The second kappa shape index (κ2) is 5.36. The molecule has 4 rings (SSSR count). The molecule has 0 saturated heterocycles. The minimum absolute atomic E-state index is 0.0867. The topological polar surface area (TPSA) is 87.0 Å². The zero-order valence-electron chi connectivity index (χ0n) is 11.6. The number of hydrogen-bond acceptors (Lipinski definition) is 6. The summed E-state index contributed by atoms with van der Waals surface area (Å²) in [6.07, 6.45) is 1.58. The Hall–Kier alpha value is -2.93. The van der Waals surface area contributed by atoms with E-state index in [1.165, 1.54) is 4.57 Å². The molecule has 0 unspecified atom stereocenters.